The van der Waals surface area contributed by atoms with Crippen LogP contribution in [-0.2, 0) is 4.79 Å². The van der Waals surface area contributed by atoms with Gasteiger partial charge in [-0.25, -0.2) is 14.5 Å². The zero-order chi connectivity index (χ0) is 14.0. The van der Waals surface area contributed by atoms with Crippen LogP contribution in [0.1, 0.15) is 6.92 Å². The van der Waals surface area contributed by atoms with E-state index in [0.717, 1.165) is 0 Å². The van der Waals surface area contributed by atoms with Gasteiger partial charge in [0.1, 0.15) is 8.72 Å². The molecular weight excluding hydrogens is 384 g/mol. The number of carbonyl (C=O) groups is 1. The Kier molecular flexibility index (Phi) is 4.25. The Morgan fingerprint density at radius 3 is 2.89 bits per heavy atom. The fourth-order valence-electron chi connectivity index (χ4n) is 1.28. The third-order valence-corrected chi connectivity index (χ3v) is 3.90. The van der Waals surface area contributed by atoms with E-state index in [-0.39, 0.29) is 10.9 Å². The lowest BCUT2D eigenvalue weighted by molar-refractivity contribution is -0.144. The molecule has 0 fully saturated rings. The van der Waals surface area contributed by atoms with Crippen LogP contribution in [0.2, 0.25) is 5.02 Å². The summed E-state index contributed by atoms with van der Waals surface area (Å²) >= 11 is 8.07. The quantitative estimate of drug-likeness (QED) is 0.807. The van der Waals surface area contributed by atoms with Crippen LogP contribution in [0.4, 0.5) is 0 Å². The molecule has 19 heavy (non-hydrogen) atoms. The van der Waals surface area contributed by atoms with Gasteiger partial charge in [0.25, 0.3) is 5.88 Å². The summed E-state index contributed by atoms with van der Waals surface area (Å²) in [5.41, 5.74) is 0. The normalized spacial score (nSPS) is 12.2. The maximum Gasteiger partial charge on any atom is 0.344 e. The highest BCUT2D eigenvalue weighted by Gasteiger charge is 2.21. The third-order valence-electron chi connectivity index (χ3n) is 2.25. The van der Waals surface area contributed by atoms with Crippen molar-refractivity contribution < 1.29 is 14.6 Å². The molecule has 0 aromatic carbocycles. The number of halogens is 2. The first-order valence-corrected chi connectivity index (χ1v) is 6.71. The molecule has 0 amide bonds. The molecule has 8 heteroatoms. The minimum atomic E-state index is -1.08. The number of carboxylic acids is 1. The highest BCUT2D eigenvalue weighted by Crippen LogP contribution is 2.30. The fraction of sp³-hybridized carbons (Fsp3) is 0.182. The van der Waals surface area contributed by atoms with Crippen LogP contribution in [-0.4, -0.2) is 31.9 Å². The van der Waals surface area contributed by atoms with Gasteiger partial charge in [-0.2, -0.15) is 0 Å². The lowest BCUT2D eigenvalue weighted by atomic mass is 10.4. The van der Waals surface area contributed by atoms with Gasteiger partial charge in [0.2, 0.25) is 0 Å². The molecule has 2 heterocycles. The van der Waals surface area contributed by atoms with Crippen molar-refractivity contribution in [3.63, 3.8) is 0 Å². The van der Waals surface area contributed by atoms with E-state index >= 15 is 0 Å². The van der Waals surface area contributed by atoms with Crippen molar-refractivity contribution in [2.45, 2.75) is 13.0 Å². The van der Waals surface area contributed by atoms with Crippen molar-refractivity contribution in [3.05, 3.63) is 33.1 Å². The van der Waals surface area contributed by atoms with E-state index in [2.05, 4.69) is 10.1 Å². The van der Waals surface area contributed by atoms with Crippen molar-refractivity contribution in [1.82, 2.24) is 14.8 Å². The van der Waals surface area contributed by atoms with Gasteiger partial charge in [0.05, 0.1) is 0 Å². The molecule has 0 saturated heterocycles. The molecular formula is C11H9ClIN3O3. The molecule has 0 aliphatic rings. The first-order chi connectivity index (χ1) is 9.00. The zero-order valence-electron chi connectivity index (χ0n) is 9.75. The maximum absolute atomic E-state index is 10.8. The predicted molar refractivity (Wildman–Crippen MR) is 76.8 cm³/mol. The van der Waals surface area contributed by atoms with E-state index in [9.17, 15) is 4.79 Å². The molecule has 1 N–H and O–H groups in total. The van der Waals surface area contributed by atoms with Crippen LogP contribution < -0.4 is 4.74 Å². The standard InChI is InChI=1S/C11H9ClIN3O3/c1-6(11(17)18)19-10-8(12)9(13)16(15-10)7-4-2-3-5-14-7/h2-6H,1H3,(H,17,18). The average molecular weight is 394 g/mol. The molecule has 6 nitrogen and oxygen atoms in total. The smallest absolute Gasteiger partial charge is 0.344 e. The topological polar surface area (TPSA) is 77.2 Å². The molecule has 2 aromatic rings. The second-order valence-corrected chi connectivity index (χ2v) is 5.01. The van der Waals surface area contributed by atoms with E-state index in [1.54, 1.807) is 18.3 Å². The molecule has 0 bridgehead atoms. The van der Waals surface area contributed by atoms with E-state index < -0.39 is 12.1 Å². The lowest BCUT2D eigenvalue weighted by Crippen LogP contribution is -2.23. The summed E-state index contributed by atoms with van der Waals surface area (Å²) < 4.78 is 7.29. The van der Waals surface area contributed by atoms with E-state index in [4.69, 9.17) is 21.4 Å². The summed E-state index contributed by atoms with van der Waals surface area (Å²) in [7, 11) is 0. The third kappa shape index (κ3) is 2.98. The summed E-state index contributed by atoms with van der Waals surface area (Å²) in [5.74, 6) is -0.434. The van der Waals surface area contributed by atoms with Crippen LogP contribution in [0.5, 0.6) is 5.88 Å². The number of nitrogens with zero attached hydrogens (tertiary/aromatic N) is 3. The number of carboxylic acid groups (broad SMARTS) is 1. The van der Waals surface area contributed by atoms with Crippen LogP contribution in [0.15, 0.2) is 24.4 Å². The van der Waals surface area contributed by atoms with Crippen molar-refractivity contribution in [2.24, 2.45) is 0 Å². The Morgan fingerprint density at radius 1 is 1.58 bits per heavy atom. The van der Waals surface area contributed by atoms with E-state index in [1.165, 1.54) is 11.6 Å². The van der Waals surface area contributed by atoms with Gasteiger partial charge >= 0.3 is 5.97 Å². The Morgan fingerprint density at radius 2 is 2.32 bits per heavy atom. The van der Waals surface area contributed by atoms with Gasteiger partial charge < -0.3 is 9.84 Å². The van der Waals surface area contributed by atoms with E-state index in [0.29, 0.717) is 9.52 Å². The highest BCUT2D eigenvalue weighted by molar-refractivity contribution is 14.1. The minimum absolute atomic E-state index is 0.0756. The number of hydrogen-bond acceptors (Lipinski definition) is 4. The van der Waals surface area contributed by atoms with Crippen LogP contribution >= 0.6 is 34.2 Å². The van der Waals surface area contributed by atoms with Crippen LogP contribution in [0, 0.1) is 3.70 Å². The Bertz CT molecular complexity index is 603. The summed E-state index contributed by atoms with van der Waals surface area (Å²) in [6.07, 6.45) is 0.599. The summed E-state index contributed by atoms with van der Waals surface area (Å²) in [6, 6.07) is 5.36. The summed E-state index contributed by atoms with van der Waals surface area (Å²) in [5, 5.41) is 13.2. The summed E-state index contributed by atoms with van der Waals surface area (Å²) in [6.45, 7) is 1.41. The average Bonchev–Trinajstić information content (AvgIpc) is 2.68. The number of aromatic nitrogens is 3. The van der Waals surface area contributed by atoms with Crippen molar-refractivity contribution >= 4 is 40.2 Å². The van der Waals surface area contributed by atoms with Gasteiger partial charge in [-0.15, -0.1) is 5.10 Å². The minimum Gasteiger partial charge on any atom is -0.479 e. The molecule has 0 saturated carbocycles. The number of ether oxygens (including phenoxy) is 1. The molecule has 1 unspecified atom stereocenters. The Labute approximate surface area is 127 Å². The molecule has 0 radical (unpaired) electrons. The second kappa shape index (κ2) is 5.74. The molecule has 100 valence electrons. The highest BCUT2D eigenvalue weighted by atomic mass is 127. The first kappa shape index (κ1) is 14.1. The largest absolute Gasteiger partial charge is 0.479 e. The Balaban J connectivity index is 2.36. The van der Waals surface area contributed by atoms with Crippen LogP contribution in [0.25, 0.3) is 5.82 Å². The molecule has 2 aromatic heterocycles. The number of pyridine rings is 1. The van der Waals surface area contributed by atoms with Gasteiger partial charge in [0.15, 0.2) is 11.9 Å². The maximum atomic E-state index is 10.8. The van der Waals surface area contributed by atoms with Gasteiger partial charge in [-0.3, -0.25) is 0 Å². The van der Waals surface area contributed by atoms with Crippen molar-refractivity contribution in [2.75, 3.05) is 0 Å². The molecule has 2 rings (SSSR count). The van der Waals surface area contributed by atoms with Crippen molar-refractivity contribution in [1.29, 1.82) is 0 Å². The van der Waals surface area contributed by atoms with Crippen LogP contribution in [0.3, 0.4) is 0 Å². The molecule has 0 spiro atoms. The molecule has 1 atom stereocenters. The number of hydrogen-bond donors (Lipinski definition) is 1. The lowest BCUT2D eigenvalue weighted by Gasteiger charge is -2.06. The number of aliphatic carboxylic acids is 1. The molecule has 0 aliphatic heterocycles. The summed E-state index contributed by atoms with van der Waals surface area (Å²) in [4.78, 5) is 14.9. The van der Waals surface area contributed by atoms with Crippen molar-refractivity contribution in [3.8, 4) is 11.7 Å². The van der Waals surface area contributed by atoms with Gasteiger partial charge in [-0.1, -0.05) is 17.7 Å². The number of rotatable bonds is 4. The SMILES string of the molecule is CC(Oc1nn(-c2ccccn2)c(I)c1Cl)C(=O)O. The first-order valence-electron chi connectivity index (χ1n) is 5.25. The second-order valence-electron chi connectivity index (χ2n) is 3.61. The Hall–Kier alpha value is -1.35. The fourth-order valence-corrected chi connectivity index (χ4v) is 2.03. The predicted octanol–water partition coefficient (Wildman–Crippen LogP) is 2.38. The van der Waals surface area contributed by atoms with E-state index in [1.807, 2.05) is 28.7 Å². The zero-order valence-corrected chi connectivity index (χ0v) is 12.7. The molecule has 0 aliphatic carbocycles. The van der Waals surface area contributed by atoms with Gasteiger partial charge in [0, 0.05) is 6.20 Å². The van der Waals surface area contributed by atoms with Gasteiger partial charge in [-0.05, 0) is 41.6 Å². The monoisotopic (exact) mass is 393 g/mol.